The molecule has 2 aromatic rings. The van der Waals surface area contributed by atoms with Gasteiger partial charge in [-0.1, -0.05) is 94.8 Å². The second-order valence-electron chi connectivity index (χ2n) is 10.9. The molecule has 0 aliphatic heterocycles. The van der Waals surface area contributed by atoms with E-state index in [4.69, 9.17) is 0 Å². The Morgan fingerprint density at radius 3 is 1.19 bits per heavy atom. The molecule has 0 spiro atoms. The maximum atomic E-state index is 4.25. The Balaban J connectivity index is 0.000000224. The van der Waals surface area contributed by atoms with Gasteiger partial charge in [-0.15, -0.1) is 0 Å². The summed E-state index contributed by atoms with van der Waals surface area (Å²) in [5.41, 5.74) is 4.26. The van der Waals surface area contributed by atoms with E-state index >= 15 is 0 Å². The van der Waals surface area contributed by atoms with Gasteiger partial charge in [-0.25, -0.2) is 0 Å². The minimum atomic E-state index is 0.763. The van der Waals surface area contributed by atoms with Crippen LogP contribution in [-0.4, -0.2) is 14.2 Å². The van der Waals surface area contributed by atoms with E-state index in [1.54, 1.807) is 46.3 Å². The van der Waals surface area contributed by atoms with E-state index in [0.717, 1.165) is 22.7 Å². The molecule has 2 aromatic carbocycles. The van der Waals surface area contributed by atoms with Crippen molar-refractivity contribution in [3.05, 3.63) is 71.8 Å². The third kappa shape index (κ3) is 10.3. The van der Waals surface area contributed by atoms with Gasteiger partial charge < -0.3 is 4.74 Å². The van der Waals surface area contributed by atoms with Crippen molar-refractivity contribution < 1.29 is 4.74 Å². The zero-order valence-corrected chi connectivity index (χ0v) is 22.3. The van der Waals surface area contributed by atoms with Crippen molar-refractivity contribution in [2.75, 3.05) is 14.2 Å². The molecule has 1 heteroatoms. The Morgan fingerprint density at radius 1 is 0.688 bits per heavy atom. The summed E-state index contributed by atoms with van der Waals surface area (Å²) in [6, 6.07) is 20.4. The van der Waals surface area contributed by atoms with Crippen LogP contribution in [0.5, 0.6) is 0 Å². The molecule has 4 aliphatic carbocycles. The molecule has 1 nitrogen and oxygen atoms in total. The van der Waals surface area contributed by atoms with Crippen LogP contribution in [0.3, 0.4) is 0 Å². The lowest BCUT2D eigenvalue weighted by Gasteiger charge is -2.60. The summed E-state index contributed by atoms with van der Waals surface area (Å²) in [4.78, 5) is 0. The van der Waals surface area contributed by atoms with Crippen LogP contribution in [0.15, 0.2) is 60.7 Å². The Kier molecular flexibility index (Phi) is 12.9. The second-order valence-corrected chi connectivity index (χ2v) is 10.9. The fourth-order valence-corrected chi connectivity index (χ4v) is 6.27. The van der Waals surface area contributed by atoms with E-state index in [1.165, 1.54) is 24.0 Å². The van der Waals surface area contributed by atoms with Gasteiger partial charge in [0.2, 0.25) is 0 Å². The molecule has 4 bridgehead atoms. The van der Waals surface area contributed by atoms with Crippen LogP contribution in [0.1, 0.15) is 83.8 Å². The SMILES string of the molecule is CC12CC3CC(C1)CC(C)(C3)C2.CCC.COC.Cc1ccccc1C.c1ccccc1. The first-order chi connectivity index (χ1) is 15.2. The van der Waals surface area contributed by atoms with E-state index in [2.05, 4.69) is 70.5 Å². The average Bonchev–Trinajstić information content (AvgIpc) is 2.71. The van der Waals surface area contributed by atoms with Crippen molar-refractivity contribution >= 4 is 0 Å². The van der Waals surface area contributed by atoms with Gasteiger partial charge in [0, 0.05) is 14.2 Å². The van der Waals surface area contributed by atoms with Crippen LogP contribution in [0.25, 0.3) is 0 Å². The number of hydrogen-bond acceptors (Lipinski definition) is 1. The lowest BCUT2D eigenvalue weighted by Crippen LogP contribution is -2.49. The zero-order valence-electron chi connectivity index (χ0n) is 22.3. The first kappa shape index (κ1) is 28.4. The predicted molar refractivity (Wildman–Crippen MR) is 142 cm³/mol. The number of hydrogen-bond donors (Lipinski definition) is 0. The lowest BCUT2D eigenvalue weighted by atomic mass is 9.45. The van der Waals surface area contributed by atoms with Crippen molar-refractivity contribution in [1.82, 2.24) is 0 Å². The average molecular weight is 439 g/mol. The van der Waals surface area contributed by atoms with Gasteiger partial charge in [-0.2, -0.15) is 0 Å². The van der Waals surface area contributed by atoms with E-state index in [0.29, 0.717) is 0 Å². The first-order valence-corrected chi connectivity index (χ1v) is 12.6. The summed E-state index contributed by atoms with van der Waals surface area (Å²) in [5.74, 6) is 2.22. The summed E-state index contributed by atoms with van der Waals surface area (Å²) in [5, 5.41) is 0. The van der Waals surface area contributed by atoms with Crippen molar-refractivity contribution in [1.29, 1.82) is 0 Å². The van der Waals surface area contributed by atoms with E-state index in [9.17, 15) is 0 Å². The molecule has 0 saturated heterocycles. The highest BCUT2D eigenvalue weighted by atomic mass is 16.4. The molecule has 4 fully saturated rings. The molecule has 0 heterocycles. The van der Waals surface area contributed by atoms with Gasteiger partial charge in [0.25, 0.3) is 0 Å². The molecule has 6 rings (SSSR count). The van der Waals surface area contributed by atoms with Crippen molar-refractivity contribution in [3.8, 4) is 0 Å². The topological polar surface area (TPSA) is 9.23 Å². The Labute approximate surface area is 200 Å². The van der Waals surface area contributed by atoms with Gasteiger partial charge >= 0.3 is 0 Å². The van der Waals surface area contributed by atoms with Crippen LogP contribution < -0.4 is 0 Å². The molecule has 0 aromatic heterocycles. The van der Waals surface area contributed by atoms with Crippen LogP contribution in [0, 0.1) is 36.5 Å². The van der Waals surface area contributed by atoms with Crippen LogP contribution in [-0.2, 0) is 4.74 Å². The fourth-order valence-electron chi connectivity index (χ4n) is 6.27. The molecule has 0 radical (unpaired) electrons. The summed E-state index contributed by atoms with van der Waals surface area (Å²) >= 11 is 0. The Hall–Kier alpha value is -1.60. The summed E-state index contributed by atoms with van der Waals surface area (Å²) in [6.45, 7) is 13.6. The van der Waals surface area contributed by atoms with Gasteiger partial charge in [0.05, 0.1) is 0 Å². The number of benzene rings is 2. The smallest absolute Gasteiger partial charge is 0.0351 e. The quantitative estimate of drug-likeness (QED) is 0.398. The number of methoxy groups -OCH3 is 1. The number of rotatable bonds is 0. The van der Waals surface area contributed by atoms with Crippen LogP contribution in [0.4, 0.5) is 0 Å². The largest absolute Gasteiger partial charge is 0.388 e. The van der Waals surface area contributed by atoms with Crippen LogP contribution in [0.2, 0.25) is 0 Å². The number of ether oxygens (including phenoxy) is 1. The summed E-state index contributed by atoms with van der Waals surface area (Å²) in [6.07, 6.45) is 10.6. The highest BCUT2D eigenvalue weighted by Gasteiger charge is 2.53. The molecule has 4 saturated carbocycles. The Bertz CT molecular complexity index is 637. The molecule has 4 aliphatic rings. The maximum absolute atomic E-state index is 4.25. The Morgan fingerprint density at radius 2 is 0.969 bits per heavy atom. The third-order valence-corrected chi connectivity index (χ3v) is 6.74. The molecule has 180 valence electrons. The lowest BCUT2D eigenvalue weighted by molar-refractivity contribution is -0.0920. The minimum Gasteiger partial charge on any atom is -0.388 e. The highest BCUT2D eigenvalue weighted by Crippen LogP contribution is 2.64. The highest BCUT2D eigenvalue weighted by molar-refractivity contribution is 5.23. The first-order valence-electron chi connectivity index (χ1n) is 12.6. The van der Waals surface area contributed by atoms with Gasteiger partial charge in [0.1, 0.15) is 0 Å². The fraction of sp³-hybridized carbons (Fsp3) is 0.613. The van der Waals surface area contributed by atoms with Gasteiger partial charge in [0.15, 0.2) is 0 Å². The second kappa shape index (κ2) is 14.5. The molecule has 0 amide bonds. The monoisotopic (exact) mass is 438 g/mol. The normalized spacial score (nSPS) is 28.4. The van der Waals surface area contributed by atoms with Crippen molar-refractivity contribution in [3.63, 3.8) is 0 Å². The van der Waals surface area contributed by atoms with E-state index < -0.39 is 0 Å². The molecule has 32 heavy (non-hydrogen) atoms. The van der Waals surface area contributed by atoms with Gasteiger partial charge in [-0.05, 0) is 86.2 Å². The summed E-state index contributed by atoms with van der Waals surface area (Å²) in [7, 11) is 3.25. The maximum Gasteiger partial charge on any atom is 0.0351 e. The molecule has 0 N–H and O–H groups in total. The third-order valence-electron chi connectivity index (χ3n) is 6.74. The zero-order chi connectivity index (χ0) is 24.0. The van der Waals surface area contributed by atoms with Crippen molar-refractivity contribution in [2.24, 2.45) is 22.7 Å². The van der Waals surface area contributed by atoms with Gasteiger partial charge in [-0.3, -0.25) is 0 Å². The molecular weight excluding hydrogens is 388 g/mol. The van der Waals surface area contributed by atoms with Crippen molar-refractivity contribution in [2.45, 2.75) is 86.5 Å². The van der Waals surface area contributed by atoms with Crippen LogP contribution >= 0.6 is 0 Å². The predicted octanol–water partition coefficient (Wildman–Crippen LogP) is 9.28. The minimum absolute atomic E-state index is 0.763. The molecular formula is C31H50O. The summed E-state index contributed by atoms with van der Waals surface area (Å²) < 4.78 is 4.25. The molecule has 0 atom stereocenters. The number of aryl methyl sites for hydroxylation is 2. The van der Waals surface area contributed by atoms with E-state index in [-0.39, 0.29) is 0 Å². The molecule has 0 unspecified atom stereocenters. The van der Waals surface area contributed by atoms with E-state index in [1.807, 2.05) is 36.4 Å². The standard InChI is InChI=1S/C12H20.C8H10.C6H6.C3H8.C2H6O/c1-11-4-9-3-10(5-11)7-12(2,6-9)8-11;1-7-5-3-4-6-8(7)2;1-2-4-6-5-3-1;2*1-3-2/h9-10H,3-8H2,1-2H3;3-6H,1-2H3;1-6H;3H2,1-2H3;1-2H3.